The van der Waals surface area contributed by atoms with E-state index in [2.05, 4.69) is 19.2 Å². The van der Waals surface area contributed by atoms with Crippen molar-refractivity contribution in [3.63, 3.8) is 0 Å². The number of rotatable bonds is 10. The first-order valence-electron chi connectivity index (χ1n) is 11.3. The van der Waals surface area contributed by atoms with E-state index in [-0.39, 0.29) is 23.4 Å². The molecule has 1 amide bonds. The van der Waals surface area contributed by atoms with Crippen molar-refractivity contribution in [1.82, 2.24) is 5.32 Å². The summed E-state index contributed by atoms with van der Waals surface area (Å²) in [6.07, 6.45) is 0.736. The molecule has 3 rings (SSSR count). The summed E-state index contributed by atoms with van der Waals surface area (Å²) in [5, 5.41) is 3.05. The third-order valence-electron chi connectivity index (χ3n) is 5.48. The number of sulfonamides is 1. The van der Waals surface area contributed by atoms with Gasteiger partial charge in [0.15, 0.2) is 0 Å². The van der Waals surface area contributed by atoms with Gasteiger partial charge in [-0.3, -0.25) is 9.10 Å². The molecule has 0 aliphatic heterocycles. The Morgan fingerprint density at radius 3 is 2.26 bits per heavy atom. The molecule has 0 fully saturated rings. The maximum Gasteiger partial charge on any atom is 0.264 e. The molecular weight excluding hydrogens is 448 g/mol. The number of methoxy groups -OCH3 is 1. The fourth-order valence-corrected chi connectivity index (χ4v) is 5.14. The predicted octanol–water partition coefficient (Wildman–Crippen LogP) is 5.10. The number of hydrogen-bond acceptors (Lipinski definition) is 4. The molecule has 0 aromatic heterocycles. The van der Waals surface area contributed by atoms with Gasteiger partial charge >= 0.3 is 0 Å². The Morgan fingerprint density at radius 1 is 0.971 bits per heavy atom. The first kappa shape index (κ1) is 25.3. The van der Waals surface area contributed by atoms with Gasteiger partial charge in [0, 0.05) is 6.07 Å². The molecule has 1 N–H and O–H groups in total. The Hall–Kier alpha value is -3.32. The largest absolute Gasteiger partial charge is 0.497 e. The number of amides is 1. The molecule has 0 saturated heterocycles. The molecule has 0 spiro atoms. The van der Waals surface area contributed by atoms with E-state index < -0.39 is 10.0 Å². The lowest BCUT2D eigenvalue weighted by Crippen LogP contribution is -2.42. The summed E-state index contributed by atoms with van der Waals surface area (Å²) in [6.45, 7) is 5.71. The van der Waals surface area contributed by atoms with E-state index in [4.69, 9.17) is 4.74 Å². The summed E-state index contributed by atoms with van der Waals surface area (Å²) < 4.78 is 33.7. The Kier molecular flexibility index (Phi) is 8.34. The number of nitrogens with zero attached hydrogens (tertiary/aromatic N) is 1. The van der Waals surface area contributed by atoms with Gasteiger partial charge in [-0.25, -0.2) is 8.42 Å². The van der Waals surface area contributed by atoms with Crippen LogP contribution in [0.3, 0.4) is 0 Å². The van der Waals surface area contributed by atoms with E-state index in [0.717, 1.165) is 21.9 Å². The van der Waals surface area contributed by atoms with Crippen molar-refractivity contribution in [2.75, 3.05) is 18.0 Å². The predicted molar refractivity (Wildman–Crippen MR) is 135 cm³/mol. The molecule has 1 atom stereocenters. The maximum absolute atomic E-state index is 13.6. The molecule has 7 heteroatoms. The second-order valence-corrected chi connectivity index (χ2v) is 10.5. The van der Waals surface area contributed by atoms with E-state index in [1.54, 1.807) is 48.5 Å². The average Bonchev–Trinajstić information content (AvgIpc) is 2.82. The topological polar surface area (TPSA) is 75.7 Å². The van der Waals surface area contributed by atoms with Crippen LogP contribution in [0, 0.1) is 12.8 Å². The number of aryl methyl sites for hydroxylation is 1. The number of ether oxygens (including phenoxy) is 1. The Bertz CT molecular complexity index is 1190. The zero-order valence-corrected chi connectivity index (χ0v) is 20.9. The first-order valence-corrected chi connectivity index (χ1v) is 12.7. The molecule has 34 heavy (non-hydrogen) atoms. The summed E-state index contributed by atoms with van der Waals surface area (Å²) >= 11 is 0. The zero-order chi connectivity index (χ0) is 24.7. The first-order chi connectivity index (χ1) is 16.2. The lowest BCUT2D eigenvalue weighted by atomic mass is 9.97. The molecule has 0 heterocycles. The van der Waals surface area contributed by atoms with Crippen LogP contribution in [0.1, 0.15) is 37.4 Å². The smallest absolute Gasteiger partial charge is 0.264 e. The van der Waals surface area contributed by atoms with E-state index in [9.17, 15) is 13.2 Å². The van der Waals surface area contributed by atoms with Gasteiger partial charge in [-0.2, -0.15) is 0 Å². The number of hydrogen-bond donors (Lipinski definition) is 1. The number of carbonyl (C=O) groups is 1. The summed E-state index contributed by atoms with van der Waals surface area (Å²) in [5.41, 5.74) is 2.29. The highest BCUT2D eigenvalue weighted by molar-refractivity contribution is 7.92. The van der Waals surface area contributed by atoms with Crippen molar-refractivity contribution < 1.29 is 17.9 Å². The van der Waals surface area contributed by atoms with Crippen molar-refractivity contribution in [3.8, 4) is 5.75 Å². The average molecular weight is 481 g/mol. The van der Waals surface area contributed by atoms with E-state index in [1.807, 2.05) is 37.3 Å². The zero-order valence-electron chi connectivity index (χ0n) is 20.1. The van der Waals surface area contributed by atoms with Gasteiger partial charge in [-0.05, 0) is 49.1 Å². The molecular formula is C27H32N2O4S. The highest BCUT2D eigenvalue weighted by Gasteiger charge is 2.28. The summed E-state index contributed by atoms with van der Waals surface area (Å²) in [6, 6.07) is 22.8. The fraction of sp³-hybridized carbons (Fsp3) is 0.296. The standard InChI is InChI=1S/C27H32N2O4S/c1-20(2)17-26(22-9-6-5-7-10-22)28-27(30)19-29(23-11-8-12-24(18-23)33-4)34(31,32)25-15-13-21(3)14-16-25/h5-16,18,20,26H,17,19H2,1-4H3,(H,28,30). The number of carbonyl (C=O) groups excluding carboxylic acids is 1. The summed E-state index contributed by atoms with van der Waals surface area (Å²) in [5.74, 6) is 0.466. The molecule has 0 aliphatic carbocycles. The molecule has 0 bridgehead atoms. The number of nitrogens with one attached hydrogen (secondary N) is 1. The molecule has 0 radical (unpaired) electrons. The lowest BCUT2D eigenvalue weighted by Gasteiger charge is -2.27. The van der Waals surface area contributed by atoms with Crippen molar-refractivity contribution in [1.29, 1.82) is 0 Å². The highest BCUT2D eigenvalue weighted by atomic mass is 32.2. The van der Waals surface area contributed by atoms with Crippen LogP contribution in [0.15, 0.2) is 83.8 Å². The van der Waals surface area contributed by atoms with Crippen molar-refractivity contribution >= 4 is 21.6 Å². The fourth-order valence-electron chi connectivity index (χ4n) is 3.72. The van der Waals surface area contributed by atoms with Gasteiger partial charge in [-0.15, -0.1) is 0 Å². The maximum atomic E-state index is 13.6. The minimum absolute atomic E-state index is 0.121. The van der Waals surface area contributed by atoms with Crippen LogP contribution < -0.4 is 14.4 Å². The van der Waals surface area contributed by atoms with Gasteiger partial charge in [-0.1, -0.05) is 67.9 Å². The molecule has 0 aliphatic rings. The molecule has 0 saturated carbocycles. The van der Waals surface area contributed by atoms with Crippen LogP contribution in [0.25, 0.3) is 0 Å². The van der Waals surface area contributed by atoms with Crippen molar-refractivity contribution in [2.24, 2.45) is 5.92 Å². The van der Waals surface area contributed by atoms with E-state index >= 15 is 0 Å². The van der Waals surface area contributed by atoms with Gasteiger partial charge in [0.05, 0.1) is 23.7 Å². The third kappa shape index (κ3) is 6.38. The van der Waals surface area contributed by atoms with Crippen LogP contribution in [-0.4, -0.2) is 28.0 Å². The van der Waals surface area contributed by atoms with Crippen LogP contribution in [0.5, 0.6) is 5.75 Å². The van der Waals surface area contributed by atoms with Crippen LogP contribution in [0.4, 0.5) is 5.69 Å². The van der Waals surface area contributed by atoms with Crippen LogP contribution in [-0.2, 0) is 14.8 Å². The molecule has 3 aromatic carbocycles. The molecule has 3 aromatic rings. The number of benzene rings is 3. The Morgan fingerprint density at radius 2 is 1.65 bits per heavy atom. The highest BCUT2D eigenvalue weighted by Crippen LogP contribution is 2.28. The molecule has 180 valence electrons. The van der Waals surface area contributed by atoms with Gasteiger partial charge in [0.1, 0.15) is 12.3 Å². The molecule has 1 unspecified atom stereocenters. The second kappa shape index (κ2) is 11.2. The quantitative estimate of drug-likeness (QED) is 0.438. The normalized spacial score (nSPS) is 12.3. The van der Waals surface area contributed by atoms with E-state index in [1.165, 1.54) is 7.11 Å². The van der Waals surface area contributed by atoms with Crippen molar-refractivity contribution in [2.45, 2.75) is 38.1 Å². The summed E-state index contributed by atoms with van der Waals surface area (Å²) in [4.78, 5) is 13.4. The number of anilines is 1. The minimum Gasteiger partial charge on any atom is -0.497 e. The van der Waals surface area contributed by atoms with Crippen LogP contribution >= 0.6 is 0 Å². The van der Waals surface area contributed by atoms with Gasteiger partial charge in [0.25, 0.3) is 10.0 Å². The van der Waals surface area contributed by atoms with Gasteiger partial charge < -0.3 is 10.1 Å². The van der Waals surface area contributed by atoms with Crippen molar-refractivity contribution in [3.05, 3.63) is 90.0 Å². The SMILES string of the molecule is COc1cccc(N(CC(=O)NC(CC(C)C)c2ccccc2)S(=O)(=O)c2ccc(C)cc2)c1. The van der Waals surface area contributed by atoms with Gasteiger partial charge in [0.2, 0.25) is 5.91 Å². The molecule has 6 nitrogen and oxygen atoms in total. The lowest BCUT2D eigenvalue weighted by molar-refractivity contribution is -0.120. The third-order valence-corrected chi connectivity index (χ3v) is 7.27. The van der Waals surface area contributed by atoms with Crippen LogP contribution in [0.2, 0.25) is 0 Å². The monoisotopic (exact) mass is 480 g/mol. The minimum atomic E-state index is -4.00. The summed E-state index contributed by atoms with van der Waals surface area (Å²) in [7, 11) is -2.48. The Labute approximate surface area is 202 Å². The Balaban J connectivity index is 1.94. The second-order valence-electron chi connectivity index (χ2n) is 8.69. The van der Waals surface area contributed by atoms with E-state index in [0.29, 0.717) is 17.4 Å².